The molecule has 0 atom stereocenters. The highest BCUT2D eigenvalue weighted by atomic mass is 35.5. The van der Waals surface area contributed by atoms with E-state index >= 15 is 0 Å². The largest absolute Gasteiger partial charge is 0.489 e. The van der Waals surface area contributed by atoms with E-state index in [1.54, 1.807) is 24.3 Å². The molecule has 1 amide bonds. The number of carbonyl (C=O) groups excluding carboxylic acids is 1. The number of benzene rings is 3. The summed E-state index contributed by atoms with van der Waals surface area (Å²) in [4.78, 5) is 17.3. The Kier molecular flexibility index (Phi) is 5.98. The Balaban J connectivity index is 1.41. The molecule has 1 aliphatic rings. The average Bonchev–Trinajstić information content (AvgIpc) is 3.08. The van der Waals surface area contributed by atoms with Gasteiger partial charge >= 0.3 is 0 Å². The number of hydrogen-bond acceptors (Lipinski definition) is 4. The van der Waals surface area contributed by atoms with Crippen molar-refractivity contribution in [2.24, 2.45) is 4.99 Å². The predicted molar refractivity (Wildman–Crippen MR) is 119 cm³/mol. The van der Waals surface area contributed by atoms with Gasteiger partial charge in [0.2, 0.25) is 0 Å². The van der Waals surface area contributed by atoms with Crippen LogP contribution in [0.25, 0.3) is 6.08 Å². The molecule has 0 bridgehead atoms. The van der Waals surface area contributed by atoms with Gasteiger partial charge in [0, 0.05) is 5.02 Å². The third-order valence-corrected chi connectivity index (χ3v) is 5.30. The molecular formula is C23H17ClN2O2S. The Morgan fingerprint density at radius 3 is 2.41 bits per heavy atom. The summed E-state index contributed by atoms with van der Waals surface area (Å²) in [5, 5.41) is 3.98. The van der Waals surface area contributed by atoms with Crippen molar-refractivity contribution in [3.05, 3.63) is 99.9 Å². The zero-order valence-corrected chi connectivity index (χ0v) is 16.9. The van der Waals surface area contributed by atoms with Crippen molar-refractivity contribution in [3.8, 4) is 5.75 Å². The minimum atomic E-state index is -0.160. The van der Waals surface area contributed by atoms with Crippen LogP contribution in [0.3, 0.4) is 0 Å². The van der Waals surface area contributed by atoms with E-state index in [1.807, 2.05) is 60.7 Å². The highest BCUT2D eigenvalue weighted by molar-refractivity contribution is 8.18. The fraction of sp³-hybridized carbons (Fsp3) is 0.0435. The van der Waals surface area contributed by atoms with E-state index in [4.69, 9.17) is 16.3 Å². The molecule has 0 unspecified atom stereocenters. The number of carbonyl (C=O) groups is 1. The topological polar surface area (TPSA) is 50.7 Å². The van der Waals surface area contributed by atoms with Crippen molar-refractivity contribution >= 4 is 46.2 Å². The van der Waals surface area contributed by atoms with Crippen molar-refractivity contribution in [2.75, 3.05) is 0 Å². The molecule has 0 spiro atoms. The number of nitrogens with zero attached hydrogens (tertiary/aromatic N) is 1. The first kappa shape index (κ1) is 19.3. The number of hydrogen-bond donors (Lipinski definition) is 1. The SMILES string of the molecule is O=C1NC(=Nc2ccc(Cl)cc2)S/C1=C/c1ccc(OCc2ccccc2)cc1. The molecule has 0 radical (unpaired) electrons. The second-order valence-electron chi connectivity index (χ2n) is 6.30. The lowest BCUT2D eigenvalue weighted by Gasteiger charge is -2.06. The fourth-order valence-electron chi connectivity index (χ4n) is 2.67. The van der Waals surface area contributed by atoms with Gasteiger partial charge in [0.1, 0.15) is 12.4 Å². The summed E-state index contributed by atoms with van der Waals surface area (Å²) in [7, 11) is 0. The minimum absolute atomic E-state index is 0.160. The average molecular weight is 421 g/mol. The standard InChI is InChI=1S/C23H17ClN2O2S/c24-18-8-10-19(11-9-18)25-23-26-22(27)21(29-23)14-16-6-12-20(13-7-16)28-15-17-4-2-1-3-5-17/h1-14H,15H2,(H,25,26,27)/b21-14+. The maximum Gasteiger partial charge on any atom is 0.264 e. The molecule has 6 heteroatoms. The number of halogens is 1. The van der Waals surface area contributed by atoms with Crippen LogP contribution in [0.4, 0.5) is 5.69 Å². The quantitative estimate of drug-likeness (QED) is 0.530. The smallest absolute Gasteiger partial charge is 0.264 e. The molecule has 1 aliphatic heterocycles. The van der Waals surface area contributed by atoms with Crippen molar-refractivity contribution in [2.45, 2.75) is 6.61 Å². The lowest BCUT2D eigenvalue weighted by Crippen LogP contribution is -2.19. The zero-order valence-electron chi connectivity index (χ0n) is 15.3. The first-order valence-corrected chi connectivity index (χ1v) is 10.2. The Hall–Kier alpha value is -3.02. The van der Waals surface area contributed by atoms with Crippen molar-refractivity contribution in [3.63, 3.8) is 0 Å². The molecule has 0 aliphatic carbocycles. The fourth-order valence-corrected chi connectivity index (χ4v) is 3.63. The molecule has 3 aromatic rings. The van der Waals surface area contributed by atoms with Gasteiger partial charge in [-0.15, -0.1) is 0 Å². The molecule has 1 N–H and O–H groups in total. The number of ether oxygens (including phenoxy) is 1. The summed E-state index contributed by atoms with van der Waals surface area (Å²) in [6, 6.07) is 24.8. The molecule has 4 rings (SSSR count). The van der Waals surface area contributed by atoms with E-state index in [2.05, 4.69) is 10.3 Å². The second-order valence-corrected chi connectivity index (χ2v) is 7.77. The molecule has 29 heavy (non-hydrogen) atoms. The van der Waals surface area contributed by atoms with E-state index < -0.39 is 0 Å². The second kappa shape index (κ2) is 8.99. The number of aliphatic imine (C=N–C) groups is 1. The first-order valence-electron chi connectivity index (χ1n) is 8.98. The normalized spacial score (nSPS) is 16.2. The van der Waals surface area contributed by atoms with Crippen molar-refractivity contribution in [1.29, 1.82) is 0 Å². The van der Waals surface area contributed by atoms with E-state index in [0.717, 1.165) is 22.6 Å². The third-order valence-electron chi connectivity index (χ3n) is 4.13. The summed E-state index contributed by atoms with van der Waals surface area (Å²) in [6.45, 7) is 0.518. The minimum Gasteiger partial charge on any atom is -0.489 e. The van der Waals surface area contributed by atoms with Gasteiger partial charge in [-0.1, -0.05) is 54.1 Å². The molecular weight excluding hydrogens is 404 g/mol. The van der Waals surface area contributed by atoms with Crippen molar-refractivity contribution in [1.82, 2.24) is 5.32 Å². The molecule has 0 aromatic heterocycles. The van der Waals surface area contributed by atoms with Crippen LogP contribution in [0.5, 0.6) is 5.75 Å². The van der Waals surface area contributed by atoms with Crippen LogP contribution in [0.15, 0.2) is 88.8 Å². The molecule has 4 nitrogen and oxygen atoms in total. The van der Waals surface area contributed by atoms with Gasteiger partial charge in [0.05, 0.1) is 10.6 Å². The number of amidine groups is 1. The van der Waals surface area contributed by atoms with Crippen LogP contribution in [0, 0.1) is 0 Å². The molecule has 0 saturated carbocycles. The predicted octanol–water partition coefficient (Wildman–Crippen LogP) is 5.81. The van der Waals surface area contributed by atoms with Crippen LogP contribution < -0.4 is 10.1 Å². The van der Waals surface area contributed by atoms with Gasteiger partial charge in [-0.05, 0) is 65.4 Å². The molecule has 1 fully saturated rings. The van der Waals surface area contributed by atoms with Crippen LogP contribution >= 0.6 is 23.4 Å². The molecule has 3 aromatic carbocycles. The lowest BCUT2D eigenvalue weighted by atomic mass is 10.2. The zero-order chi connectivity index (χ0) is 20.1. The summed E-state index contributed by atoms with van der Waals surface area (Å²) in [6.07, 6.45) is 1.84. The van der Waals surface area contributed by atoms with E-state index in [0.29, 0.717) is 21.7 Å². The molecule has 1 saturated heterocycles. The Morgan fingerprint density at radius 2 is 1.69 bits per heavy atom. The van der Waals surface area contributed by atoms with Crippen LogP contribution in [-0.2, 0) is 11.4 Å². The highest BCUT2D eigenvalue weighted by Crippen LogP contribution is 2.29. The highest BCUT2D eigenvalue weighted by Gasteiger charge is 2.23. The summed E-state index contributed by atoms with van der Waals surface area (Å²) >= 11 is 7.20. The number of nitrogens with one attached hydrogen (secondary N) is 1. The lowest BCUT2D eigenvalue weighted by molar-refractivity contribution is -0.115. The van der Waals surface area contributed by atoms with Gasteiger partial charge < -0.3 is 10.1 Å². The van der Waals surface area contributed by atoms with Gasteiger partial charge in [-0.2, -0.15) is 0 Å². The van der Waals surface area contributed by atoms with Gasteiger partial charge in [0.25, 0.3) is 5.91 Å². The van der Waals surface area contributed by atoms with Gasteiger partial charge in [-0.3, -0.25) is 4.79 Å². The molecule has 1 heterocycles. The number of thioether (sulfide) groups is 1. The van der Waals surface area contributed by atoms with Crippen molar-refractivity contribution < 1.29 is 9.53 Å². The maximum atomic E-state index is 12.2. The Labute approximate surface area is 178 Å². The van der Waals surface area contributed by atoms with Crippen LogP contribution in [0.1, 0.15) is 11.1 Å². The maximum absolute atomic E-state index is 12.2. The van der Waals surface area contributed by atoms with Crippen LogP contribution in [-0.4, -0.2) is 11.1 Å². The Bertz CT molecular complexity index is 1060. The van der Waals surface area contributed by atoms with Gasteiger partial charge in [0.15, 0.2) is 5.17 Å². The van der Waals surface area contributed by atoms with Gasteiger partial charge in [-0.25, -0.2) is 4.99 Å². The third kappa shape index (κ3) is 5.28. The number of rotatable bonds is 5. The summed E-state index contributed by atoms with van der Waals surface area (Å²) < 4.78 is 5.80. The Morgan fingerprint density at radius 1 is 0.966 bits per heavy atom. The molecule has 144 valence electrons. The van der Waals surface area contributed by atoms with E-state index in [-0.39, 0.29) is 5.91 Å². The summed E-state index contributed by atoms with van der Waals surface area (Å²) in [5.41, 5.74) is 2.77. The summed E-state index contributed by atoms with van der Waals surface area (Å²) in [5.74, 6) is 0.622. The van der Waals surface area contributed by atoms with E-state index in [1.165, 1.54) is 11.8 Å². The first-order chi connectivity index (χ1) is 14.2. The number of amides is 1. The van der Waals surface area contributed by atoms with Crippen LogP contribution in [0.2, 0.25) is 5.02 Å². The van der Waals surface area contributed by atoms with E-state index in [9.17, 15) is 4.79 Å². The monoisotopic (exact) mass is 420 g/mol.